The molecule has 2 aliphatic heterocycles. The van der Waals surface area contributed by atoms with E-state index in [4.69, 9.17) is 28.4 Å². The first-order chi connectivity index (χ1) is 26.0. The first-order valence-electron chi connectivity index (χ1n) is 18.5. The largest absolute Gasteiger partial charge is 0.462 e. The van der Waals surface area contributed by atoms with Gasteiger partial charge in [-0.3, -0.25) is 9.59 Å². The van der Waals surface area contributed by atoms with Crippen molar-refractivity contribution in [2.75, 3.05) is 26.4 Å². The molecule has 54 heavy (non-hydrogen) atoms. The van der Waals surface area contributed by atoms with Gasteiger partial charge in [0.1, 0.15) is 55.4 Å². The molecule has 0 bridgehead atoms. The van der Waals surface area contributed by atoms with Crippen molar-refractivity contribution in [3.05, 3.63) is 72.9 Å². The molecule has 2 heterocycles. The van der Waals surface area contributed by atoms with Gasteiger partial charge in [0.05, 0.1) is 19.8 Å². The fraction of sp³-hybridized carbons (Fsp3) is 0.641. The first-order valence-corrected chi connectivity index (χ1v) is 18.5. The first kappa shape index (κ1) is 47.1. The maximum atomic E-state index is 12.6. The summed E-state index contributed by atoms with van der Waals surface area (Å²) in [6.07, 6.45) is 13.8. The molecule has 0 saturated carbocycles. The Kier molecular flexibility index (Phi) is 24.0. The molecular formula is C39H60O15. The Morgan fingerprint density at radius 2 is 1.07 bits per heavy atom. The summed E-state index contributed by atoms with van der Waals surface area (Å²) in [7, 11) is 0. The van der Waals surface area contributed by atoms with Gasteiger partial charge in [0, 0.05) is 13.3 Å². The highest BCUT2D eigenvalue weighted by molar-refractivity contribution is 5.70. The van der Waals surface area contributed by atoms with Crippen LogP contribution in [0, 0.1) is 0 Å². The molecule has 0 amide bonds. The number of esters is 2. The summed E-state index contributed by atoms with van der Waals surface area (Å²) in [6.45, 7) is 1.27. The van der Waals surface area contributed by atoms with E-state index < -0.39 is 99.3 Å². The Labute approximate surface area is 317 Å². The topological polar surface area (TPSA) is 231 Å². The van der Waals surface area contributed by atoms with Gasteiger partial charge < -0.3 is 64.2 Å². The molecule has 2 aliphatic rings. The Morgan fingerprint density at radius 1 is 0.611 bits per heavy atom. The molecule has 0 spiro atoms. The standard InChI is InChI=1S/C39H60O15/c1-3-4-5-6-7-8-9-10-11-12-13-14-15-16-17-18-19-20-21-22-31(42)52-28(24-49-27(2)41)25-50-38-37(48)35(46)33(44)30(54-38)26-51-39-36(47)34(45)32(43)29(23-40)53-39/h4-5,7-8,10-11,13-14,16-17,19-20,28-30,32-40,43-48H,3,6,9,12,15,18,21-26H2,1-2H3/b5-4-,8-7-,11-10-,14-13-,17-16-,20-19-. The van der Waals surface area contributed by atoms with Crippen LogP contribution in [0.5, 0.6) is 0 Å². The lowest BCUT2D eigenvalue weighted by Gasteiger charge is -2.42. The van der Waals surface area contributed by atoms with Crippen molar-refractivity contribution in [1.29, 1.82) is 0 Å². The molecule has 11 atom stereocenters. The zero-order valence-electron chi connectivity index (χ0n) is 31.2. The van der Waals surface area contributed by atoms with E-state index in [1.54, 1.807) is 0 Å². The van der Waals surface area contributed by atoms with Crippen molar-refractivity contribution in [1.82, 2.24) is 0 Å². The van der Waals surface area contributed by atoms with Crippen LogP contribution in [-0.4, -0.2) is 142 Å². The molecule has 2 saturated heterocycles. The van der Waals surface area contributed by atoms with E-state index >= 15 is 0 Å². The molecule has 2 rings (SSSR count). The van der Waals surface area contributed by atoms with E-state index in [-0.39, 0.29) is 13.0 Å². The van der Waals surface area contributed by atoms with Crippen molar-refractivity contribution in [2.45, 2.75) is 133 Å². The molecule has 0 aromatic rings. The number of hydrogen-bond donors (Lipinski definition) is 7. The van der Waals surface area contributed by atoms with Gasteiger partial charge in [0.2, 0.25) is 0 Å². The Morgan fingerprint density at radius 3 is 1.57 bits per heavy atom. The van der Waals surface area contributed by atoms with E-state index in [0.29, 0.717) is 12.8 Å². The summed E-state index contributed by atoms with van der Waals surface area (Å²) in [4.78, 5) is 24.0. The molecule has 7 N–H and O–H groups in total. The lowest BCUT2D eigenvalue weighted by molar-refractivity contribution is -0.332. The number of carbonyl (C=O) groups is 2. The molecule has 2 fully saturated rings. The molecule has 0 aromatic carbocycles. The summed E-state index contributed by atoms with van der Waals surface area (Å²) in [5, 5.41) is 70.9. The summed E-state index contributed by atoms with van der Waals surface area (Å²) in [5.74, 6) is -1.23. The van der Waals surface area contributed by atoms with E-state index in [2.05, 4.69) is 61.6 Å². The second kappa shape index (κ2) is 27.5. The predicted molar refractivity (Wildman–Crippen MR) is 196 cm³/mol. The van der Waals surface area contributed by atoms with Crippen molar-refractivity contribution in [3.8, 4) is 0 Å². The van der Waals surface area contributed by atoms with Gasteiger partial charge in [-0.15, -0.1) is 0 Å². The number of carbonyl (C=O) groups excluding carboxylic acids is 2. The maximum Gasteiger partial charge on any atom is 0.306 e. The van der Waals surface area contributed by atoms with Gasteiger partial charge in [-0.1, -0.05) is 79.8 Å². The smallest absolute Gasteiger partial charge is 0.306 e. The molecule has 0 aliphatic carbocycles. The summed E-state index contributed by atoms with van der Waals surface area (Å²) < 4.78 is 32.3. The van der Waals surface area contributed by atoms with Gasteiger partial charge in [-0.05, 0) is 44.9 Å². The highest BCUT2D eigenvalue weighted by atomic mass is 16.7. The Bertz CT molecular complexity index is 1230. The molecule has 0 radical (unpaired) electrons. The average molecular weight is 769 g/mol. The van der Waals surface area contributed by atoms with Gasteiger partial charge in [0.15, 0.2) is 18.7 Å². The second-order valence-electron chi connectivity index (χ2n) is 12.7. The van der Waals surface area contributed by atoms with Crippen LogP contribution in [0.15, 0.2) is 72.9 Å². The monoisotopic (exact) mass is 768 g/mol. The number of aliphatic hydroxyl groups excluding tert-OH is 7. The minimum absolute atomic E-state index is 0.0313. The van der Waals surface area contributed by atoms with Crippen LogP contribution in [0.25, 0.3) is 0 Å². The number of ether oxygens (including phenoxy) is 6. The van der Waals surface area contributed by atoms with E-state index in [1.165, 1.54) is 6.92 Å². The number of hydrogen-bond acceptors (Lipinski definition) is 15. The van der Waals surface area contributed by atoms with E-state index in [0.717, 1.165) is 32.1 Å². The van der Waals surface area contributed by atoms with Crippen LogP contribution < -0.4 is 0 Å². The van der Waals surface area contributed by atoms with Crippen molar-refractivity contribution < 1.29 is 73.8 Å². The van der Waals surface area contributed by atoms with Crippen LogP contribution >= 0.6 is 0 Å². The van der Waals surface area contributed by atoms with Crippen molar-refractivity contribution in [2.24, 2.45) is 0 Å². The molecule has 306 valence electrons. The predicted octanol–water partition coefficient (Wildman–Crippen LogP) is 1.58. The fourth-order valence-electron chi connectivity index (χ4n) is 5.20. The van der Waals surface area contributed by atoms with Crippen LogP contribution in [0.2, 0.25) is 0 Å². The third-order valence-corrected chi connectivity index (χ3v) is 8.27. The van der Waals surface area contributed by atoms with Gasteiger partial charge in [-0.2, -0.15) is 0 Å². The summed E-state index contributed by atoms with van der Waals surface area (Å²) >= 11 is 0. The Hall–Kier alpha value is -3.06. The van der Waals surface area contributed by atoms with Crippen molar-refractivity contribution >= 4 is 11.9 Å². The van der Waals surface area contributed by atoms with Gasteiger partial charge in [0.25, 0.3) is 0 Å². The number of rotatable bonds is 24. The molecule has 15 heteroatoms. The second-order valence-corrected chi connectivity index (χ2v) is 12.7. The lowest BCUT2D eigenvalue weighted by atomic mass is 9.98. The fourth-order valence-corrected chi connectivity index (χ4v) is 5.20. The molecule has 15 nitrogen and oxygen atoms in total. The van der Waals surface area contributed by atoms with Crippen molar-refractivity contribution in [3.63, 3.8) is 0 Å². The zero-order valence-corrected chi connectivity index (χ0v) is 31.2. The van der Waals surface area contributed by atoms with Crippen LogP contribution in [-0.2, 0) is 38.0 Å². The third-order valence-electron chi connectivity index (χ3n) is 8.27. The highest BCUT2D eigenvalue weighted by Gasteiger charge is 2.47. The van der Waals surface area contributed by atoms with Gasteiger partial charge in [-0.25, -0.2) is 0 Å². The van der Waals surface area contributed by atoms with Gasteiger partial charge >= 0.3 is 11.9 Å². The summed E-state index contributed by atoms with van der Waals surface area (Å²) in [5.41, 5.74) is 0. The molecule has 0 aromatic heterocycles. The molecular weight excluding hydrogens is 708 g/mol. The molecule has 11 unspecified atom stereocenters. The normalized spacial score (nSPS) is 30.1. The lowest BCUT2D eigenvalue weighted by Crippen LogP contribution is -2.61. The third kappa shape index (κ3) is 18.0. The maximum absolute atomic E-state index is 12.6. The SMILES string of the molecule is CC/C=C\C/C=C\C/C=C\C/C=C\C/C=C\C/C=C\CCC(=O)OC(COC(C)=O)COC1OC(COC2OC(CO)C(O)C(O)C2O)C(O)C(O)C1O. The van der Waals surface area contributed by atoms with Crippen LogP contribution in [0.3, 0.4) is 0 Å². The average Bonchev–Trinajstić information content (AvgIpc) is 3.15. The zero-order chi connectivity index (χ0) is 39.7. The minimum atomic E-state index is -1.77. The number of allylic oxidation sites excluding steroid dienone is 12. The van der Waals surface area contributed by atoms with E-state index in [9.17, 15) is 45.3 Å². The van der Waals surface area contributed by atoms with E-state index in [1.807, 2.05) is 18.2 Å². The van der Waals surface area contributed by atoms with Crippen LogP contribution in [0.1, 0.15) is 65.2 Å². The summed E-state index contributed by atoms with van der Waals surface area (Å²) in [6, 6.07) is 0. The highest BCUT2D eigenvalue weighted by Crippen LogP contribution is 2.26. The Balaban J connectivity index is 1.75. The van der Waals surface area contributed by atoms with Crippen LogP contribution in [0.4, 0.5) is 0 Å². The number of aliphatic hydroxyl groups is 7. The quantitative estimate of drug-likeness (QED) is 0.0546. The minimum Gasteiger partial charge on any atom is -0.462 e.